The lowest BCUT2D eigenvalue weighted by molar-refractivity contribution is 0.435. The molecule has 0 aliphatic rings. The van der Waals surface area contributed by atoms with Crippen LogP contribution in [-0.4, -0.2) is 33.4 Å². The van der Waals surface area contributed by atoms with Gasteiger partial charge < -0.3 is 15.2 Å². The van der Waals surface area contributed by atoms with Crippen molar-refractivity contribution in [1.29, 1.82) is 0 Å². The zero-order valence-electron chi connectivity index (χ0n) is 12.6. The second kappa shape index (κ2) is 6.05. The van der Waals surface area contributed by atoms with Crippen LogP contribution in [0.15, 0.2) is 30.6 Å². The van der Waals surface area contributed by atoms with E-state index in [4.69, 9.17) is 0 Å². The van der Waals surface area contributed by atoms with Gasteiger partial charge in [0.25, 0.3) is 0 Å². The van der Waals surface area contributed by atoms with Crippen molar-refractivity contribution in [2.45, 2.75) is 26.3 Å². The van der Waals surface area contributed by atoms with Crippen molar-refractivity contribution in [3.8, 4) is 11.4 Å². The Kier molecular flexibility index (Phi) is 4.39. The second-order valence-corrected chi connectivity index (χ2v) is 5.95. The summed E-state index contributed by atoms with van der Waals surface area (Å²) in [5.74, 6) is 0.881. The van der Waals surface area contributed by atoms with Gasteiger partial charge in [0.2, 0.25) is 0 Å². The Balaban J connectivity index is 1.88. The molecule has 0 atom stereocenters. The molecule has 0 amide bonds. The lowest BCUT2D eigenvalue weighted by atomic mass is 10.1. The van der Waals surface area contributed by atoms with Crippen LogP contribution in [-0.2, 0) is 7.05 Å². The smallest absolute Gasteiger partial charge is 0.163 e. The minimum atomic E-state index is 0.163. The molecule has 0 radical (unpaired) electrons. The summed E-state index contributed by atoms with van der Waals surface area (Å²) in [5.41, 5.74) is 2.35. The van der Waals surface area contributed by atoms with Crippen molar-refractivity contribution in [2.75, 3.05) is 18.4 Å². The van der Waals surface area contributed by atoms with E-state index in [1.54, 1.807) is 6.33 Å². The minimum absolute atomic E-state index is 0.163. The summed E-state index contributed by atoms with van der Waals surface area (Å²) in [6.07, 6.45) is 1.71. The van der Waals surface area contributed by atoms with E-state index in [0.29, 0.717) is 0 Å². The van der Waals surface area contributed by atoms with Crippen LogP contribution in [0.25, 0.3) is 11.4 Å². The van der Waals surface area contributed by atoms with Gasteiger partial charge in [-0.15, -0.1) is 10.2 Å². The normalized spacial score (nSPS) is 11.6. The molecule has 0 saturated carbocycles. The average Bonchev–Trinajstić information content (AvgIpc) is 2.81. The maximum atomic E-state index is 4.10. The molecule has 0 aliphatic carbocycles. The van der Waals surface area contributed by atoms with Crippen LogP contribution in [0, 0.1) is 0 Å². The highest BCUT2D eigenvalue weighted by Crippen LogP contribution is 2.18. The van der Waals surface area contributed by atoms with Gasteiger partial charge in [0.1, 0.15) is 6.33 Å². The molecule has 2 N–H and O–H groups in total. The van der Waals surface area contributed by atoms with E-state index in [1.807, 2.05) is 11.6 Å². The van der Waals surface area contributed by atoms with Crippen molar-refractivity contribution < 1.29 is 0 Å². The Morgan fingerprint density at radius 3 is 2.35 bits per heavy atom. The number of benzene rings is 1. The van der Waals surface area contributed by atoms with Crippen molar-refractivity contribution in [3.63, 3.8) is 0 Å². The molecular formula is C15H23N5. The SMILES string of the molecule is Cn1cnnc1-c1ccc(NCCNC(C)(C)C)cc1. The largest absolute Gasteiger partial charge is 0.384 e. The maximum absolute atomic E-state index is 4.10. The first-order valence-electron chi connectivity index (χ1n) is 6.89. The van der Waals surface area contributed by atoms with Crippen molar-refractivity contribution >= 4 is 5.69 Å². The molecule has 0 unspecified atom stereocenters. The second-order valence-electron chi connectivity index (χ2n) is 5.95. The lowest BCUT2D eigenvalue weighted by Gasteiger charge is -2.20. The number of nitrogens with zero attached hydrogens (tertiary/aromatic N) is 3. The first kappa shape index (κ1) is 14.5. The molecule has 0 bridgehead atoms. The molecule has 1 aromatic carbocycles. The Morgan fingerprint density at radius 1 is 1.10 bits per heavy atom. The summed E-state index contributed by atoms with van der Waals surface area (Å²) in [6.45, 7) is 8.35. The third-order valence-corrected chi connectivity index (χ3v) is 2.96. The Morgan fingerprint density at radius 2 is 1.80 bits per heavy atom. The van der Waals surface area contributed by atoms with Crippen LogP contribution < -0.4 is 10.6 Å². The van der Waals surface area contributed by atoms with E-state index in [9.17, 15) is 0 Å². The standard InChI is InChI=1S/C15H23N5/c1-15(2,3)17-10-9-16-13-7-5-12(6-8-13)14-19-18-11-20(14)4/h5-8,11,16-17H,9-10H2,1-4H3. The van der Waals surface area contributed by atoms with E-state index >= 15 is 0 Å². The van der Waals surface area contributed by atoms with E-state index in [-0.39, 0.29) is 5.54 Å². The highest BCUT2D eigenvalue weighted by Gasteiger charge is 2.07. The number of aromatic nitrogens is 3. The van der Waals surface area contributed by atoms with Gasteiger partial charge in [-0.05, 0) is 45.0 Å². The van der Waals surface area contributed by atoms with Crippen LogP contribution in [0.3, 0.4) is 0 Å². The van der Waals surface area contributed by atoms with Gasteiger partial charge >= 0.3 is 0 Å². The number of rotatable bonds is 5. The van der Waals surface area contributed by atoms with Gasteiger partial charge in [-0.3, -0.25) is 0 Å². The summed E-state index contributed by atoms with van der Waals surface area (Å²) < 4.78 is 1.91. The van der Waals surface area contributed by atoms with Gasteiger partial charge in [-0.1, -0.05) is 0 Å². The lowest BCUT2D eigenvalue weighted by Crippen LogP contribution is -2.38. The highest BCUT2D eigenvalue weighted by atomic mass is 15.2. The van der Waals surface area contributed by atoms with Gasteiger partial charge in [0, 0.05) is 36.9 Å². The molecule has 0 spiro atoms. The molecule has 2 aromatic rings. The average molecular weight is 273 g/mol. The topological polar surface area (TPSA) is 54.8 Å². The van der Waals surface area contributed by atoms with Crippen LogP contribution in [0.1, 0.15) is 20.8 Å². The summed E-state index contributed by atoms with van der Waals surface area (Å²) >= 11 is 0. The number of aryl methyl sites for hydroxylation is 1. The highest BCUT2D eigenvalue weighted by molar-refractivity contribution is 5.59. The predicted octanol–water partition coefficient (Wildman–Crippen LogP) is 2.28. The fourth-order valence-electron chi connectivity index (χ4n) is 1.93. The molecule has 0 fully saturated rings. The van der Waals surface area contributed by atoms with Crippen molar-refractivity contribution in [3.05, 3.63) is 30.6 Å². The third kappa shape index (κ3) is 4.06. The molecular weight excluding hydrogens is 250 g/mol. The van der Waals surface area contributed by atoms with Gasteiger partial charge in [0.05, 0.1) is 0 Å². The molecule has 20 heavy (non-hydrogen) atoms. The Labute approximate surface area is 120 Å². The molecule has 1 heterocycles. The fraction of sp³-hybridized carbons (Fsp3) is 0.467. The first-order valence-corrected chi connectivity index (χ1v) is 6.89. The fourth-order valence-corrected chi connectivity index (χ4v) is 1.93. The zero-order valence-corrected chi connectivity index (χ0v) is 12.6. The Hall–Kier alpha value is -1.88. The van der Waals surface area contributed by atoms with E-state index in [1.165, 1.54) is 0 Å². The summed E-state index contributed by atoms with van der Waals surface area (Å²) in [7, 11) is 1.94. The van der Waals surface area contributed by atoms with Crippen LogP contribution in [0.5, 0.6) is 0 Å². The van der Waals surface area contributed by atoms with E-state index in [2.05, 4.69) is 65.9 Å². The molecule has 5 nitrogen and oxygen atoms in total. The first-order chi connectivity index (χ1) is 9.46. The number of anilines is 1. The van der Waals surface area contributed by atoms with Crippen LogP contribution in [0.4, 0.5) is 5.69 Å². The zero-order chi connectivity index (χ0) is 14.6. The quantitative estimate of drug-likeness (QED) is 0.821. The number of hydrogen-bond acceptors (Lipinski definition) is 4. The van der Waals surface area contributed by atoms with Crippen molar-refractivity contribution in [2.24, 2.45) is 7.05 Å². The molecule has 2 rings (SSSR count). The summed E-state index contributed by atoms with van der Waals surface area (Å²) in [4.78, 5) is 0. The van der Waals surface area contributed by atoms with E-state index in [0.717, 1.165) is 30.2 Å². The summed E-state index contributed by atoms with van der Waals surface area (Å²) in [5, 5.41) is 14.8. The molecule has 1 aromatic heterocycles. The number of hydrogen-bond donors (Lipinski definition) is 2. The number of nitrogens with one attached hydrogen (secondary N) is 2. The molecule has 5 heteroatoms. The van der Waals surface area contributed by atoms with Crippen LogP contribution >= 0.6 is 0 Å². The van der Waals surface area contributed by atoms with Crippen molar-refractivity contribution in [1.82, 2.24) is 20.1 Å². The predicted molar refractivity (Wildman–Crippen MR) is 82.7 cm³/mol. The molecule has 0 saturated heterocycles. The molecule has 0 aliphatic heterocycles. The monoisotopic (exact) mass is 273 g/mol. The minimum Gasteiger partial charge on any atom is -0.384 e. The third-order valence-electron chi connectivity index (χ3n) is 2.96. The van der Waals surface area contributed by atoms with Crippen LogP contribution in [0.2, 0.25) is 0 Å². The van der Waals surface area contributed by atoms with Gasteiger partial charge in [-0.25, -0.2) is 0 Å². The Bertz CT molecular complexity index is 536. The van der Waals surface area contributed by atoms with Gasteiger partial charge in [-0.2, -0.15) is 0 Å². The maximum Gasteiger partial charge on any atom is 0.163 e. The van der Waals surface area contributed by atoms with Gasteiger partial charge in [0.15, 0.2) is 5.82 Å². The van der Waals surface area contributed by atoms with E-state index < -0.39 is 0 Å². The molecule has 108 valence electrons. The summed E-state index contributed by atoms with van der Waals surface area (Å²) in [6, 6.07) is 8.26.